The summed E-state index contributed by atoms with van der Waals surface area (Å²) in [6.45, 7) is 5.00. The summed E-state index contributed by atoms with van der Waals surface area (Å²) in [7, 11) is 0. The topological polar surface area (TPSA) is 72.7 Å². The molecule has 0 saturated carbocycles. The Morgan fingerprint density at radius 2 is 1.73 bits per heavy atom. The summed E-state index contributed by atoms with van der Waals surface area (Å²) in [5, 5.41) is 15.3. The Morgan fingerprint density at radius 1 is 0.970 bits per heavy atom. The van der Waals surface area contributed by atoms with Gasteiger partial charge in [-0.1, -0.05) is 80.2 Å². The van der Waals surface area contributed by atoms with E-state index < -0.39 is 0 Å². The summed E-state index contributed by atoms with van der Waals surface area (Å²) >= 11 is 1.36. The fraction of sp³-hybridized carbons (Fsp3) is 0.231. The van der Waals surface area contributed by atoms with Gasteiger partial charge in [0.2, 0.25) is 11.1 Å². The van der Waals surface area contributed by atoms with Gasteiger partial charge in [0.05, 0.1) is 10.8 Å². The van der Waals surface area contributed by atoms with Crippen molar-refractivity contribution in [2.75, 3.05) is 5.32 Å². The van der Waals surface area contributed by atoms with Gasteiger partial charge in [0.25, 0.3) is 0 Å². The number of nitrogens with one attached hydrogen (secondary N) is 1. The Bertz CT molecular complexity index is 1460. The predicted molar refractivity (Wildman–Crippen MR) is 136 cm³/mol. The molecule has 0 aliphatic carbocycles. The minimum Gasteiger partial charge on any atom is -0.325 e. The van der Waals surface area contributed by atoms with E-state index in [0.717, 1.165) is 51.5 Å². The highest BCUT2D eigenvalue weighted by atomic mass is 32.2. The van der Waals surface area contributed by atoms with Crippen LogP contribution in [-0.4, -0.2) is 30.9 Å². The van der Waals surface area contributed by atoms with Crippen LogP contribution in [0.1, 0.15) is 26.7 Å². The van der Waals surface area contributed by atoms with Gasteiger partial charge in [0.1, 0.15) is 5.52 Å². The lowest BCUT2D eigenvalue weighted by molar-refractivity contribution is -0.115. The minimum atomic E-state index is -0.327. The minimum absolute atomic E-state index is 0.0587. The third-order valence-electron chi connectivity index (χ3n) is 5.76. The van der Waals surface area contributed by atoms with E-state index >= 15 is 0 Å². The molecule has 0 fully saturated rings. The number of benzene rings is 3. The molecule has 0 radical (unpaired) electrons. The Labute approximate surface area is 196 Å². The lowest BCUT2D eigenvalue weighted by Gasteiger charge is -2.15. The first-order valence-electron chi connectivity index (χ1n) is 11.3. The van der Waals surface area contributed by atoms with Crippen molar-refractivity contribution < 1.29 is 4.79 Å². The van der Waals surface area contributed by atoms with Crippen molar-refractivity contribution in [3.05, 3.63) is 66.7 Å². The van der Waals surface area contributed by atoms with E-state index in [-0.39, 0.29) is 11.2 Å². The fourth-order valence-electron chi connectivity index (χ4n) is 4.19. The summed E-state index contributed by atoms with van der Waals surface area (Å²) < 4.78 is 2.19. The summed E-state index contributed by atoms with van der Waals surface area (Å²) in [6.07, 6.45) is 1.64. The number of nitrogens with zero attached hydrogens (tertiary/aromatic N) is 4. The largest absolute Gasteiger partial charge is 0.325 e. The summed E-state index contributed by atoms with van der Waals surface area (Å²) in [4.78, 5) is 18.0. The summed E-state index contributed by atoms with van der Waals surface area (Å²) in [6, 6.07) is 22.2. The molecule has 3 aromatic carbocycles. The second-order valence-corrected chi connectivity index (χ2v) is 9.14. The van der Waals surface area contributed by atoms with Gasteiger partial charge >= 0.3 is 0 Å². The third-order valence-corrected chi connectivity index (χ3v) is 6.98. The van der Waals surface area contributed by atoms with Gasteiger partial charge < -0.3 is 9.88 Å². The number of aryl methyl sites for hydroxylation is 1. The molecule has 0 saturated heterocycles. The highest BCUT2D eigenvalue weighted by Gasteiger charge is 2.22. The standard InChI is InChI=1S/C26H25N5OS/c1-3-16-31-21-15-8-7-13-19(21)23-24(31)28-26(30-29-23)33-22(4-2)25(32)27-20-14-9-11-17-10-5-6-12-18(17)20/h5-15,22H,3-4,16H2,1-2H3,(H,27,32). The molecule has 166 valence electrons. The quantitative estimate of drug-likeness (QED) is 0.302. The van der Waals surface area contributed by atoms with Crippen LogP contribution in [0.15, 0.2) is 71.9 Å². The first-order valence-corrected chi connectivity index (χ1v) is 12.1. The van der Waals surface area contributed by atoms with E-state index in [1.54, 1.807) is 0 Å². The van der Waals surface area contributed by atoms with E-state index in [9.17, 15) is 4.79 Å². The second kappa shape index (κ2) is 9.19. The van der Waals surface area contributed by atoms with Crippen molar-refractivity contribution in [3.8, 4) is 0 Å². The Kier molecular flexibility index (Phi) is 5.96. The maximum absolute atomic E-state index is 13.2. The number of para-hydroxylation sites is 1. The molecule has 0 bridgehead atoms. The number of anilines is 1. The number of hydrogen-bond donors (Lipinski definition) is 1. The first kappa shape index (κ1) is 21.4. The molecule has 2 heterocycles. The van der Waals surface area contributed by atoms with Crippen LogP contribution in [0.3, 0.4) is 0 Å². The zero-order valence-corrected chi connectivity index (χ0v) is 19.5. The summed E-state index contributed by atoms with van der Waals surface area (Å²) in [5.74, 6) is -0.0587. The molecule has 6 nitrogen and oxygen atoms in total. The highest BCUT2D eigenvalue weighted by Crippen LogP contribution is 2.30. The first-order chi connectivity index (χ1) is 16.2. The predicted octanol–water partition coefficient (Wildman–Crippen LogP) is 6.05. The van der Waals surface area contributed by atoms with Crippen LogP contribution in [0.5, 0.6) is 0 Å². The molecule has 2 aromatic heterocycles. The second-order valence-electron chi connectivity index (χ2n) is 7.97. The molecule has 0 aliphatic rings. The number of carbonyl (C=O) groups is 1. The lowest BCUT2D eigenvalue weighted by Crippen LogP contribution is -2.25. The monoisotopic (exact) mass is 455 g/mol. The SMILES string of the molecule is CCCn1c2ccccc2c2nnc(SC(CC)C(=O)Nc3cccc4ccccc34)nc21. The highest BCUT2D eigenvalue weighted by molar-refractivity contribution is 8.00. The molecule has 1 N–H and O–H groups in total. The van der Waals surface area contributed by atoms with Crippen LogP contribution in [-0.2, 0) is 11.3 Å². The number of carbonyl (C=O) groups excluding carboxylic acids is 1. The lowest BCUT2D eigenvalue weighted by atomic mass is 10.1. The number of fused-ring (bicyclic) bond motifs is 4. The van der Waals surface area contributed by atoms with E-state index in [2.05, 4.69) is 39.1 Å². The molecule has 1 unspecified atom stereocenters. The van der Waals surface area contributed by atoms with Crippen molar-refractivity contribution >= 4 is 56.2 Å². The molecule has 5 rings (SSSR count). The average molecular weight is 456 g/mol. The van der Waals surface area contributed by atoms with Crippen molar-refractivity contribution in [1.29, 1.82) is 0 Å². The average Bonchev–Trinajstić information content (AvgIpc) is 3.16. The van der Waals surface area contributed by atoms with Gasteiger partial charge in [0, 0.05) is 23.0 Å². The van der Waals surface area contributed by atoms with Gasteiger partial charge in [-0.2, -0.15) is 0 Å². The smallest absolute Gasteiger partial charge is 0.237 e. The van der Waals surface area contributed by atoms with Crippen LogP contribution in [0, 0.1) is 0 Å². The van der Waals surface area contributed by atoms with Crippen molar-refractivity contribution in [2.45, 2.75) is 43.6 Å². The Balaban J connectivity index is 1.44. The van der Waals surface area contributed by atoms with Crippen molar-refractivity contribution in [3.63, 3.8) is 0 Å². The molecule has 0 spiro atoms. The molecule has 33 heavy (non-hydrogen) atoms. The van der Waals surface area contributed by atoms with Gasteiger partial charge in [-0.15, -0.1) is 10.2 Å². The van der Waals surface area contributed by atoms with E-state index in [1.165, 1.54) is 11.8 Å². The van der Waals surface area contributed by atoms with Gasteiger partial charge in [0.15, 0.2) is 5.65 Å². The Hall–Kier alpha value is -3.45. The number of amides is 1. The van der Waals surface area contributed by atoms with E-state index in [1.807, 2.05) is 61.5 Å². The number of thioether (sulfide) groups is 1. The van der Waals surface area contributed by atoms with Crippen molar-refractivity contribution in [1.82, 2.24) is 19.7 Å². The van der Waals surface area contributed by atoms with Crippen LogP contribution < -0.4 is 5.32 Å². The zero-order valence-electron chi connectivity index (χ0n) is 18.7. The summed E-state index contributed by atoms with van der Waals surface area (Å²) in [5.41, 5.74) is 3.55. The van der Waals surface area contributed by atoms with Gasteiger partial charge in [-0.3, -0.25) is 4.79 Å². The number of aromatic nitrogens is 4. The van der Waals surface area contributed by atoms with E-state index in [0.29, 0.717) is 11.6 Å². The molecular formula is C26H25N5OS. The van der Waals surface area contributed by atoms with E-state index in [4.69, 9.17) is 4.98 Å². The normalized spacial score (nSPS) is 12.4. The molecule has 1 atom stereocenters. The molecule has 1 amide bonds. The van der Waals surface area contributed by atoms with Gasteiger partial charge in [-0.25, -0.2) is 4.98 Å². The maximum Gasteiger partial charge on any atom is 0.237 e. The fourth-order valence-corrected chi connectivity index (χ4v) is 5.00. The third kappa shape index (κ3) is 4.04. The van der Waals surface area contributed by atoms with Crippen LogP contribution in [0.2, 0.25) is 0 Å². The van der Waals surface area contributed by atoms with Crippen LogP contribution >= 0.6 is 11.8 Å². The molecule has 0 aliphatic heterocycles. The number of rotatable bonds is 7. The van der Waals surface area contributed by atoms with Crippen molar-refractivity contribution in [2.24, 2.45) is 0 Å². The maximum atomic E-state index is 13.2. The number of hydrogen-bond acceptors (Lipinski definition) is 5. The molecule has 5 aromatic rings. The van der Waals surface area contributed by atoms with Crippen LogP contribution in [0.25, 0.3) is 32.8 Å². The molecular weight excluding hydrogens is 430 g/mol. The molecule has 7 heteroatoms. The van der Waals surface area contributed by atoms with Gasteiger partial charge in [-0.05, 0) is 30.4 Å². The zero-order chi connectivity index (χ0) is 22.8. The van der Waals surface area contributed by atoms with Crippen LogP contribution in [0.4, 0.5) is 5.69 Å². The Morgan fingerprint density at radius 3 is 2.55 bits per heavy atom.